The predicted octanol–water partition coefficient (Wildman–Crippen LogP) is 2.98. The maximum absolute atomic E-state index is 11.2. The minimum Gasteiger partial charge on any atom is -0.453 e. The van der Waals surface area contributed by atoms with Crippen molar-refractivity contribution in [1.29, 1.82) is 0 Å². The summed E-state index contributed by atoms with van der Waals surface area (Å²) in [6.07, 6.45) is 1.55. The molecule has 9 heteroatoms. The van der Waals surface area contributed by atoms with Crippen LogP contribution in [0.1, 0.15) is 25.3 Å². The van der Waals surface area contributed by atoms with Gasteiger partial charge in [0.25, 0.3) is 0 Å². The summed E-state index contributed by atoms with van der Waals surface area (Å²) >= 11 is 0. The number of carbonyl (C=O) groups excluding carboxylic acids is 1. The van der Waals surface area contributed by atoms with Gasteiger partial charge in [-0.2, -0.15) is 0 Å². The largest absolute Gasteiger partial charge is 0.453 e. The van der Waals surface area contributed by atoms with Crippen molar-refractivity contribution in [2.24, 2.45) is 10.9 Å². The molecule has 0 aromatic heterocycles. The van der Waals surface area contributed by atoms with Crippen LogP contribution in [0.3, 0.4) is 0 Å². The van der Waals surface area contributed by atoms with Gasteiger partial charge in [0, 0.05) is 37.9 Å². The number of amides is 1. The van der Waals surface area contributed by atoms with E-state index in [9.17, 15) is 4.79 Å². The van der Waals surface area contributed by atoms with Gasteiger partial charge in [-0.15, -0.1) is 24.0 Å². The lowest BCUT2D eigenvalue weighted by Crippen LogP contribution is -2.38. The molecular weight excluding hydrogens is 487 g/mol. The highest BCUT2D eigenvalue weighted by Gasteiger charge is 2.15. The molecule has 8 nitrogen and oxygen atoms in total. The monoisotopic (exact) mass is 520 g/mol. The molecule has 1 fully saturated rings. The zero-order valence-corrected chi connectivity index (χ0v) is 19.6. The number of halogens is 1. The molecule has 1 aromatic carbocycles. The Kier molecular flexibility index (Phi) is 13.4. The minimum absolute atomic E-state index is 0. The van der Waals surface area contributed by atoms with Crippen LogP contribution in [-0.4, -0.2) is 58.7 Å². The molecule has 1 atom stereocenters. The van der Waals surface area contributed by atoms with Crippen molar-refractivity contribution < 1.29 is 19.0 Å². The number of hydrogen-bond donors (Lipinski definition) is 3. The first kappa shape index (κ1) is 25.4. The van der Waals surface area contributed by atoms with Gasteiger partial charge in [-0.05, 0) is 37.5 Å². The Balaban J connectivity index is 0.00000420. The zero-order chi connectivity index (χ0) is 20.0. The molecule has 1 amide bonds. The Hall–Kier alpha value is -1.59. The molecule has 0 radical (unpaired) electrons. The van der Waals surface area contributed by atoms with E-state index in [2.05, 4.69) is 25.7 Å². The van der Waals surface area contributed by atoms with E-state index in [1.165, 1.54) is 7.11 Å². The molecule has 0 saturated carbocycles. The van der Waals surface area contributed by atoms with Crippen molar-refractivity contribution in [2.75, 3.05) is 51.9 Å². The summed E-state index contributed by atoms with van der Waals surface area (Å²) in [5, 5.41) is 9.19. The van der Waals surface area contributed by atoms with E-state index >= 15 is 0 Å². The summed E-state index contributed by atoms with van der Waals surface area (Å²) in [5.41, 5.74) is 1.74. The molecule has 0 bridgehead atoms. The fourth-order valence-electron chi connectivity index (χ4n) is 2.72. The van der Waals surface area contributed by atoms with E-state index in [1.54, 1.807) is 0 Å². The van der Waals surface area contributed by atoms with Gasteiger partial charge in [-0.1, -0.05) is 12.1 Å². The van der Waals surface area contributed by atoms with Gasteiger partial charge in [0.1, 0.15) is 0 Å². The number of carbonyl (C=O) groups is 1. The van der Waals surface area contributed by atoms with E-state index in [0.717, 1.165) is 63.9 Å². The highest BCUT2D eigenvalue weighted by molar-refractivity contribution is 14.0. The molecule has 29 heavy (non-hydrogen) atoms. The lowest BCUT2D eigenvalue weighted by Gasteiger charge is -2.12. The van der Waals surface area contributed by atoms with E-state index in [4.69, 9.17) is 9.47 Å². The maximum atomic E-state index is 11.2. The van der Waals surface area contributed by atoms with Gasteiger partial charge in [0.2, 0.25) is 0 Å². The molecule has 1 unspecified atom stereocenters. The zero-order valence-electron chi connectivity index (χ0n) is 17.2. The van der Waals surface area contributed by atoms with Crippen LogP contribution < -0.4 is 16.0 Å². The molecule has 0 spiro atoms. The molecule has 1 aromatic rings. The lowest BCUT2D eigenvalue weighted by molar-refractivity contribution is 0.0888. The van der Waals surface area contributed by atoms with Gasteiger partial charge in [0.15, 0.2) is 5.96 Å². The van der Waals surface area contributed by atoms with E-state index in [1.807, 2.05) is 31.2 Å². The number of nitrogens with one attached hydrogen (secondary N) is 3. The van der Waals surface area contributed by atoms with Crippen molar-refractivity contribution in [1.82, 2.24) is 10.6 Å². The van der Waals surface area contributed by atoms with Crippen LogP contribution in [0.15, 0.2) is 29.3 Å². The highest BCUT2D eigenvalue weighted by atomic mass is 127. The summed E-state index contributed by atoms with van der Waals surface area (Å²) in [4.78, 5) is 15.8. The number of ether oxygens (including phenoxy) is 3. The van der Waals surface area contributed by atoms with E-state index < -0.39 is 6.09 Å². The average molecular weight is 520 g/mol. The van der Waals surface area contributed by atoms with Gasteiger partial charge in [-0.25, -0.2) is 9.79 Å². The molecule has 0 aliphatic carbocycles. The smallest absolute Gasteiger partial charge is 0.411 e. The summed E-state index contributed by atoms with van der Waals surface area (Å²) in [6.45, 7) is 7.40. The Morgan fingerprint density at radius 3 is 2.72 bits per heavy atom. The first-order valence-electron chi connectivity index (χ1n) is 9.82. The number of guanidine groups is 1. The number of methoxy groups -OCH3 is 1. The summed E-state index contributed by atoms with van der Waals surface area (Å²) in [6, 6.07) is 7.52. The van der Waals surface area contributed by atoms with E-state index in [0.29, 0.717) is 18.2 Å². The van der Waals surface area contributed by atoms with Crippen LogP contribution in [0, 0.1) is 5.92 Å². The third-order valence-corrected chi connectivity index (χ3v) is 4.29. The standard InChI is InChI=1S/C20H32N4O4.HI/c1-3-21-19(22-10-4-11-27-14-17-9-12-28-15-17)23-13-16-5-7-18(8-6-16)24-20(25)26-2;/h5-8,17H,3-4,9-15H2,1-2H3,(H,24,25)(H2,21,22,23);1H. The van der Waals surface area contributed by atoms with Crippen LogP contribution in [-0.2, 0) is 20.8 Å². The lowest BCUT2D eigenvalue weighted by atomic mass is 10.1. The SMILES string of the molecule is CCNC(=NCc1ccc(NC(=O)OC)cc1)NCCCOCC1CCOC1.I. The topological polar surface area (TPSA) is 93.2 Å². The van der Waals surface area contributed by atoms with Gasteiger partial charge in [-0.3, -0.25) is 5.32 Å². The Labute approximate surface area is 190 Å². The van der Waals surface area contributed by atoms with Crippen LogP contribution in [0.2, 0.25) is 0 Å². The average Bonchev–Trinajstić information content (AvgIpc) is 3.23. The van der Waals surface area contributed by atoms with Gasteiger partial charge >= 0.3 is 6.09 Å². The van der Waals surface area contributed by atoms with Gasteiger partial charge in [0.05, 0.1) is 26.9 Å². The molecule has 1 saturated heterocycles. The van der Waals surface area contributed by atoms with Crippen LogP contribution in [0.4, 0.5) is 10.5 Å². The molecule has 2 rings (SSSR count). The predicted molar refractivity (Wildman–Crippen MR) is 125 cm³/mol. The number of nitrogens with zero attached hydrogens (tertiary/aromatic N) is 1. The second kappa shape index (κ2) is 15.3. The van der Waals surface area contributed by atoms with E-state index in [-0.39, 0.29) is 24.0 Å². The number of rotatable bonds is 10. The second-order valence-electron chi connectivity index (χ2n) is 6.59. The third kappa shape index (κ3) is 10.7. The Morgan fingerprint density at radius 2 is 2.07 bits per heavy atom. The Morgan fingerprint density at radius 1 is 1.28 bits per heavy atom. The van der Waals surface area contributed by atoms with Crippen LogP contribution in [0.5, 0.6) is 0 Å². The normalized spacial score (nSPS) is 16.1. The number of anilines is 1. The summed E-state index contributed by atoms with van der Waals surface area (Å²) in [5.74, 6) is 1.34. The highest BCUT2D eigenvalue weighted by Crippen LogP contribution is 2.12. The quantitative estimate of drug-likeness (QED) is 0.190. The fraction of sp³-hybridized carbons (Fsp3) is 0.600. The Bertz CT molecular complexity index is 607. The molecule has 1 aliphatic rings. The van der Waals surface area contributed by atoms with Crippen LogP contribution in [0.25, 0.3) is 0 Å². The van der Waals surface area contributed by atoms with Crippen molar-refractivity contribution >= 4 is 41.7 Å². The summed E-state index contributed by atoms with van der Waals surface area (Å²) < 4.78 is 15.6. The first-order chi connectivity index (χ1) is 13.7. The maximum Gasteiger partial charge on any atom is 0.411 e. The molecule has 1 aliphatic heterocycles. The second-order valence-corrected chi connectivity index (χ2v) is 6.59. The van der Waals surface area contributed by atoms with Crippen molar-refractivity contribution in [3.05, 3.63) is 29.8 Å². The molecule has 1 heterocycles. The van der Waals surface area contributed by atoms with Crippen molar-refractivity contribution in [3.8, 4) is 0 Å². The number of hydrogen-bond acceptors (Lipinski definition) is 5. The molecule has 3 N–H and O–H groups in total. The van der Waals surface area contributed by atoms with Gasteiger partial charge < -0.3 is 24.8 Å². The van der Waals surface area contributed by atoms with Crippen LogP contribution >= 0.6 is 24.0 Å². The summed E-state index contributed by atoms with van der Waals surface area (Å²) in [7, 11) is 1.34. The van der Waals surface area contributed by atoms with Crippen molar-refractivity contribution in [2.45, 2.75) is 26.3 Å². The molecular formula is C20H33IN4O4. The first-order valence-corrected chi connectivity index (χ1v) is 9.82. The molecule has 164 valence electrons. The third-order valence-electron chi connectivity index (χ3n) is 4.29. The minimum atomic E-state index is -0.482. The number of benzene rings is 1. The van der Waals surface area contributed by atoms with Crippen molar-refractivity contribution in [3.63, 3.8) is 0 Å². The fourth-order valence-corrected chi connectivity index (χ4v) is 2.72. The number of aliphatic imine (C=N–C) groups is 1.